The number of Topliss-reactive ketones (excluding diaryl/α,β-unsaturated/α-hetero) is 1. The minimum absolute atomic E-state index is 0.256. The van der Waals surface area contributed by atoms with Crippen molar-refractivity contribution in [2.75, 3.05) is 6.61 Å². The molecule has 8 heteroatoms. The van der Waals surface area contributed by atoms with E-state index < -0.39 is 5.97 Å². The number of aryl methyl sites for hydroxylation is 1. The summed E-state index contributed by atoms with van der Waals surface area (Å²) in [5, 5.41) is 7.26. The van der Waals surface area contributed by atoms with Gasteiger partial charge in [-0.2, -0.15) is 5.10 Å². The first-order chi connectivity index (χ1) is 17.9. The highest BCUT2D eigenvalue weighted by Crippen LogP contribution is 2.26. The number of halogens is 1. The molecule has 0 unspecified atom stereocenters. The Morgan fingerprint density at radius 3 is 2.46 bits per heavy atom. The maximum atomic E-state index is 13.1. The van der Waals surface area contributed by atoms with Crippen LogP contribution < -0.4 is 0 Å². The molecule has 0 saturated heterocycles. The standard InChI is InChI=1S/C29H24ClN3O3S/c1-19-15-23(20(2)32(19)17-21-9-6-7-12-24(21)30)27(34)18-36-29(35)26-16-25(28-13-8-14-37-28)31-33(26)22-10-4-3-5-11-22/h3-16H,17-18H2,1-2H3. The van der Waals surface area contributed by atoms with Crippen LogP contribution in [0.1, 0.15) is 37.8 Å². The number of ketones is 1. The monoisotopic (exact) mass is 529 g/mol. The van der Waals surface area contributed by atoms with E-state index in [1.807, 2.05) is 96.6 Å². The van der Waals surface area contributed by atoms with Gasteiger partial charge in [-0.25, -0.2) is 9.48 Å². The van der Waals surface area contributed by atoms with E-state index in [2.05, 4.69) is 5.10 Å². The second-order valence-corrected chi connectivity index (χ2v) is 9.96. The molecule has 5 aromatic rings. The Labute approximate surface area is 223 Å². The Kier molecular flexibility index (Phi) is 7.08. The van der Waals surface area contributed by atoms with Gasteiger partial charge in [0, 0.05) is 34.6 Å². The molecular formula is C29H24ClN3O3S. The van der Waals surface area contributed by atoms with E-state index in [0.717, 1.165) is 27.5 Å². The maximum Gasteiger partial charge on any atom is 0.357 e. The summed E-state index contributed by atoms with van der Waals surface area (Å²) in [6.07, 6.45) is 0. The van der Waals surface area contributed by atoms with Gasteiger partial charge in [-0.1, -0.05) is 54.1 Å². The summed E-state index contributed by atoms with van der Waals surface area (Å²) >= 11 is 7.87. The lowest BCUT2D eigenvalue weighted by Crippen LogP contribution is -2.17. The number of para-hydroxylation sites is 1. The number of hydrogen-bond donors (Lipinski definition) is 0. The van der Waals surface area contributed by atoms with Gasteiger partial charge in [-0.3, -0.25) is 4.79 Å². The van der Waals surface area contributed by atoms with E-state index in [1.54, 1.807) is 10.7 Å². The molecule has 37 heavy (non-hydrogen) atoms. The number of rotatable bonds is 8. The second-order valence-electron chi connectivity index (χ2n) is 8.60. The summed E-state index contributed by atoms with van der Waals surface area (Å²) in [5.74, 6) is -0.881. The van der Waals surface area contributed by atoms with Gasteiger partial charge in [0.05, 0.1) is 10.6 Å². The second kappa shape index (κ2) is 10.6. The van der Waals surface area contributed by atoms with E-state index in [9.17, 15) is 9.59 Å². The van der Waals surface area contributed by atoms with Gasteiger partial charge in [0.2, 0.25) is 5.78 Å². The number of ether oxygens (including phenoxy) is 1. The average molecular weight is 530 g/mol. The van der Waals surface area contributed by atoms with Gasteiger partial charge < -0.3 is 9.30 Å². The fraction of sp³-hybridized carbons (Fsp3) is 0.138. The summed E-state index contributed by atoms with van der Waals surface area (Å²) in [7, 11) is 0. The minimum Gasteiger partial charge on any atom is -0.453 e. The highest BCUT2D eigenvalue weighted by atomic mass is 35.5. The number of nitrogens with zero attached hydrogens (tertiary/aromatic N) is 3. The zero-order chi connectivity index (χ0) is 25.9. The molecule has 2 aromatic carbocycles. The zero-order valence-corrected chi connectivity index (χ0v) is 21.9. The van der Waals surface area contributed by atoms with Gasteiger partial charge >= 0.3 is 5.97 Å². The van der Waals surface area contributed by atoms with E-state index in [4.69, 9.17) is 16.3 Å². The van der Waals surface area contributed by atoms with Crippen molar-refractivity contribution >= 4 is 34.7 Å². The third-order valence-corrected chi connectivity index (χ3v) is 7.45. The van der Waals surface area contributed by atoms with Crippen LogP contribution in [-0.4, -0.2) is 32.7 Å². The van der Waals surface area contributed by atoms with Gasteiger partial charge in [0.25, 0.3) is 0 Å². The van der Waals surface area contributed by atoms with Crippen molar-refractivity contribution in [2.45, 2.75) is 20.4 Å². The minimum atomic E-state index is -0.614. The van der Waals surface area contributed by atoms with E-state index in [1.165, 1.54) is 11.3 Å². The van der Waals surface area contributed by atoms with Crippen LogP contribution in [0, 0.1) is 13.8 Å². The van der Waals surface area contributed by atoms with Crippen LogP contribution in [0.5, 0.6) is 0 Å². The molecule has 0 radical (unpaired) electrons. The first-order valence-electron chi connectivity index (χ1n) is 11.7. The zero-order valence-electron chi connectivity index (χ0n) is 20.3. The molecule has 0 amide bonds. The molecule has 0 aliphatic carbocycles. The van der Waals surface area contributed by atoms with Gasteiger partial charge in [0.15, 0.2) is 12.3 Å². The third-order valence-electron chi connectivity index (χ3n) is 6.19. The highest BCUT2D eigenvalue weighted by molar-refractivity contribution is 7.13. The molecule has 5 rings (SSSR count). The van der Waals surface area contributed by atoms with Crippen molar-refractivity contribution in [1.82, 2.24) is 14.3 Å². The third kappa shape index (κ3) is 5.14. The maximum absolute atomic E-state index is 13.1. The molecule has 0 bridgehead atoms. The topological polar surface area (TPSA) is 66.1 Å². The largest absolute Gasteiger partial charge is 0.453 e. The summed E-state index contributed by atoms with van der Waals surface area (Å²) in [5.41, 5.74) is 4.86. The molecular weight excluding hydrogens is 506 g/mol. The van der Waals surface area contributed by atoms with Crippen molar-refractivity contribution in [3.63, 3.8) is 0 Å². The molecule has 0 aliphatic heterocycles. The molecule has 0 saturated carbocycles. The average Bonchev–Trinajstić information content (AvgIpc) is 3.65. The van der Waals surface area contributed by atoms with Crippen LogP contribution >= 0.6 is 22.9 Å². The summed E-state index contributed by atoms with van der Waals surface area (Å²) in [4.78, 5) is 27.2. The molecule has 0 N–H and O–H groups in total. The van der Waals surface area contributed by atoms with Gasteiger partial charge in [-0.15, -0.1) is 11.3 Å². The number of esters is 1. The summed E-state index contributed by atoms with van der Waals surface area (Å²) < 4.78 is 9.09. The number of thiophene rings is 1. The predicted molar refractivity (Wildman–Crippen MR) is 146 cm³/mol. The number of carbonyl (C=O) groups is 2. The van der Waals surface area contributed by atoms with Crippen molar-refractivity contribution in [1.29, 1.82) is 0 Å². The van der Waals surface area contributed by atoms with Crippen molar-refractivity contribution < 1.29 is 14.3 Å². The Morgan fingerprint density at radius 2 is 1.73 bits per heavy atom. The Hall–Kier alpha value is -3.94. The fourth-order valence-electron chi connectivity index (χ4n) is 4.24. The molecule has 6 nitrogen and oxygen atoms in total. The van der Waals surface area contributed by atoms with E-state index >= 15 is 0 Å². The molecule has 0 atom stereocenters. The Balaban J connectivity index is 1.35. The van der Waals surface area contributed by atoms with E-state index in [0.29, 0.717) is 22.8 Å². The van der Waals surface area contributed by atoms with Crippen LogP contribution in [0.3, 0.4) is 0 Å². The number of aromatic nitrogens is 3. The quantitative estimate of drug-likeness (QED) is 0.164. The number of carbonyl (C=O) groups excluding carboxylic acids is 2. The smallest absolute Gasteiger partial charge is 0.357 e. The lowest BCUT2D eigenvalue weighted by molar-refractivity contribution is 0.0465. The SMILES string of the molecule is Cc1cc(C(=O)COC(=O)c2cc(-c3cccs3)nn2-c2ccccc2)c(C)n1Cc1ccccc1Cl. The Bertz CT molecular complexity index is 1570. The van der Waals surface area contributed by atoms with Gasteiger partial charge in [0.1, 0.15) is 5.69 Å². The van der Waals surface area contributed by atoms with E-state index in [-0.39, 0.29) is 18.1 Å². The van der Waals surface area contributed by atoms with Crippen LogP contribution in [0.2, 0.25) is 5.02 Å². The van der Waals surface area contributed by atoms with Crippen molar-refractivity contribution in [3.8, 4) is 16.3 Å². The first kappa shape index (κ1) is 24.7. The predicted octanol–water partition coefficient (Wildman–Crippen LogP) is 6.76. The summed E-state index contributed by atoms with van der Waals surface area (Å²) in [6.45, 7) is 4.00. The molecule has 3 aromatic heterocycles. The van der Waals surface area contributed by atoms with Crippen LogP contribution in [0.15, 0.2) is 84.2 Å². The highest BCUT2D eigenvalue weighted by Gasteiger charge is 2.22. The van der Waals surface area contributed by atoms with Crippen LogP contribution in [-0.2, 0) is 11.3 Å². The van der Waals surface area contributed by atoms with Gasteiger partial charge in [-0.05, 0) is 55.1 Å². The van der Waals surface area contributed by atoms with Crippen LogP contribution in [0.25, 0.3) is 16.3 Å². The van der Waals surface area contributed by atoms with Crippen molar-refractivity contribution in [3.05, 3.63) is 117 Å². The lowest BCUT2D eigenvalue weighted by Gasteiger charge is -2.11. The van der Waals surface area contributed by atoms with Crippen molar-refractivity contribution in [2.24, 2.45) is 0 Å². The molecule has 186 valence electrons. The number of benzene rings is 2. The molecule has 0 aliphatic rings. The number of hydrogen-bond acceptors (Lipinski definition) is 5. The fourth-order valence-corrected chi connectivity index (χ4v) is 5.12. The normalized spacial score (nSPS) is 11.0. The van der Waals surface area contributed by atoms with Crippen LogP contribution in [0.4, 0.5) is 0 Å². The lowest BCUT2D eigenvalue weighted by atomic mass is 10.1. The summed E-state index contributed by atoms with van der Waals surface area (Å²) in [6, 6.07) is 24.4. The molecule has 0 fully saturated rings. The Morgan fingerprint density at radius 1 is 0.973 bits per heavy atom. The molecule has 0 spiro atoms. The first-order valence-corrected chi connectivity index (χ1v) is 13.0. The molecule has 3 heterocycles.